The van der Waals surface area contributed by atoms with Crippen LogP contribution in [-0.4, -0.2) is 52.9 Å². The smallest absolute Gasteiger partial charge is 0.210 e. The van der Waals surface area contributed by atoms with Crippen LogP contribution in [0.5, 0.6) is 0 Å². The van der Waals surface area contributed by atoms with Gasteiger partial charge in [0.2, 0.25) is 18.2 Å². The van der Waals surface area contributed by atoms with Gasteiger partial charge in [-0.05, 0) is 13.8 Å². The van der Waals surface area contributed by atoms with Crippen molar-refractivity contribution in [1.82, 2.24) is 21.0 Å². The van der Waals surface area contributed by atoms with Gasteiger partial charge >= 0.3 is 0 Å². The van der Waals surface area contributed by atoms with E-state index in [-0.39, 0.29) is 17.5 Å². The first-order valence-corrected chi connectivity index (χ1v) is 8.76. The molecule has 2 heterocycles. The molecule has 0 bridgehead atoms. The Kier molecular flexibility index (Phi) is 5.51. The van der Waals surface area contributed by atoms with Crippen LogP contribution in [0.2, 0.25) is 0 Å². The van der Waals surface area contributed by atoms with E-state index in [9.17, 15) is 4.79 Å². The molecular formula is C14H25N7OS. The van der Waals surface area contributed by atoms with Crippen LogP contribution in [0, 0.1) is 5.41 Å². The van der Waals surface area contributed by atoms with E-state index < -0.39 is 0 Å². The Balaban J connectivity index is 2.09. The summed E-state index contributed by atoms with van der Waals surface area (Å²) in [5.74, 6) is 1.92. The molecule has 2 aliphatic rings. The zero-order valence-electron chi connectivity index (χ0n) is 14.3. The standard InChI is InChI=1S/C14H25N7OS/c1-6-15-10-17-11(16-7-2)21-12(18-10)19-20-13(21)23-8-9(22)14(3,4)5/h12,19H,6-8H2,1-5H3,(H2,15,16,17,18). The fraction of sp³-hybridized carbons (Fsp3) is 0.714. The quantitative estimate of drug-likeness (QED) is 0.699. The van der Waals surface area contributed by atoms with Gasteiger partial charge in [0.05, 0.1) is 5.75 Å². The molecular weight excluding hydrogens is 314 g/mol. The van der Waals surface area contributed by atoms with E-state index >= 15 is 0 Å². The number of amidine groups is 1. The number of rotatable bonds is 4. The summed E-state index contributed by atoms with van der Waals surface area (Å²) in [6.45, 7) is 11.0. The summed E-state index contributed by atoms with van der Waals surface area (Å²) in [6, 6.07) is 0. The van der Waals surface area contributed by atoms with Crippen molar-refractivity contribution in [2.24, 2.45) is 20.5 Å². The maximum Gasteiger partial charge on any atom is 0.210 e. The molecule has 1 unspecified atom stereocenters. The first-order chi connectivity index (χ1) is 10.9. The molecule has 0 spiro atoms. The summed E-state index contributed by atoms with van der Waals surface area (Å²) in [5, 5.41) is 11.4. The number of nitrogens with zero attached hydrogens (tertiary/aromatic N) is 4. The number of hydrazone groups is 1. The molecule has 0 aromatic rings. The van der Waals surface area contributed by atoms with Crippen molar-refractivity contribution in [1.29, 1.82) is 0 Å². The summed E-state index contributed by atoms with van der Waals surface area (Å²) in [5.41, 5.74) is 2.67. The predicted molar refractivity (Wildman–Crippen MR) is 95.3 cm³/mol. The van der Waals surface area contributed by atoms with Crippen molar-refractivity contribution in [3.63, 3.8) is 0 Å². The second kappa shape index (κ2) is 7.20. The minimum atomic E-state index is -0.349. The van der Waals surface area contributed by atoms with Crippen LogP contribution in [0.3, 0.4) is 0 Å². The van der Waals surface area contributed by atoms with E-state index in [4.69, 9.17) is 0 Å². The van der Waals surface area contributed by atoms with E-state index in [1.807, 2.05) is 39.5 Å². The van der Waals surface area contributed by atoms with Gasteiger partial charge in [0.25, 0.3) is 0 Å². The molecule has 1 saturated heterocycles. The monoisotopic (exact) mass is 339 g/mol. The lowest BCUT2D eigenvalue weighted by Gasteiger charge is -2.34. The molecule has 0 amide bonds. The highest BCUT2D eigenvalue weighted by molar-refractivity contribution is 8.14. The van der Waals surface area contributed by atoms with E-state index in [0.717, 1.165) is 5.17 Å². The van der Waals surface area contributed by atoms with Crippen LogP contribution in [0.4, 0.5) is 0 Å². The fourth-order valence-electron chi connectivity index (χ4n) is 1.94. The van der Waals surface area contributed by atoms with Crippen LogP contribution in [0.1, 0.15) is 34.6 Å². The van der Waals surface area contributed by atoms with Gasteiger partial charge in [-0.25, -0.2) is 4.90 Å². The average molecular weight is 339 g/mol. The maximum atomic E-state index is 12.1. The van der Waals surface area contributed by atoms with Crippen molar-refractivity contribution < 1.29 is 4.79 Å². The Hall–Kier alpha value is -1.77. The molecule has 8 nitrogen and oxygen atoms in total. The van der Waals surface area contributed by atoms with Crippen LogP contribution in [0.25, 0.3) is 0 Å². The summed E-state index contributed by atoms with van der Waals surface area (Å²) < 4.78 is 0. The van der Waals surface area contributed by atoms with Gasteiger partial charge in [-0.1, -0.05) is 32.5 Å². The Morgan fingerprint density at radius 2 is 2.00 bits per heavy atom. The molecule has 0 aliphatic carbocycles. The van der Waals surface area contributed by atoms with Gasteiger partial charge in [0.15, 0.2) is 5.17 Å². The zero-order valence-corrected chi connectivity index (χ0v) is 15.1. The Bertz CT molecular complexity index is 550. The third-order valence-electron chi connectivity index (χ3n) is 3.27. The van der Waals surface area contributed by atoms with Crippen molar-refractivity contribution in [3.05, 3.63) is 0 Å². The van der Waals surface area contributed by atoms with Crippen molar-refractivity contribution in [3.8, 4) is 0 Å². The number of aliphatic imine (C=N–C) groups is 2. The molecule has 0 aromatic heterocycles. The minimum absolute atomic E-state index is 0.189. The average Bonchev–Trinajstić information content (AvgIpc) is 2.87. The number of fused-ring (bicyclic) bond motifs is 1. The minimum Gasteiger partial charge on any atom is -0.317 e. The van der Waals surface area contributed by atoms with Crippen molar-refractivity contribution in [2.45, 2.75) is 40.9 Å². The number of Topliss-reactive ketones (excluding diaryl/α,β-unsaturated/α-hetero) is 1. The number of guanidine groups is 2. The summed E-state index contributed by atoms with van der Waals surface area (Å²) in [6.07, 6.45) is -0.237. The van der Waals surface area contributed by atoms with Crippen LogP contribution < -0.4 is 16.1 Å². The van der Waals surface area contributed by atoms with Gasteiger partial charge in [0.1, 0.15) is 5.78 Å². The highest BCUT2D eigenvalue weighted by Crippen LogP contribution is 2.22. The highest BCUT2D eigenvalue weighted by Gasteiger charge is 2.37. The number of hydrogen-bond acceptors (Lipinski definition) is 6. The van der Waals surface area contributed by atoms with Crippen molar-refractivity contribution >= 4 is 34.6 Å². The topological polar surface area (TPSA) is 93.5 Å². The van der Waals surface area contributed by atoms with E-state index in [0.29, 0.717) is 30.8 Å². The second-order valence-corrected chi connectivity index (χ2v) is 7.09. The van der Waals surface area contributed by atoms with Gasteiger partial charge in [-0.15, -0.1) is 0 Å². The molecule has 1 fully saturated rings. The lowest BCUT2D eigenvalue weighted by molar-refractivity contribution is -0.123. The number of nitrogens with one attached hydrogen (secondary N) is 3. The maximum absolute atomic E-state index is 12.1. The van der Waals surface area contributed by atoms with Gasteiger partial charge in [0, 0.05) is 18.5 Å². The Labute approximate surface area is 141 Å². The van der Waals surface area contributed by atoms with E-state index in [1.165, 1.54) is 11.8 Å². The highest BCUT2D eigenvalue weighted by atomic mass is 32.2. The lowest BCUT2D eigenvalue weighted by Crippen LogP contribution is -2.66. The van der Waals surface area contributed by atoms with Gasteiger partial charge in [-0.3, -0.25) is 25.5 Å². The molecule has 0 saturated carbocycles. The molecule has 0 aromatic carbocycles. The SMILES string of the molecule is CCN=C1NC(=NCC)N2C(SCC(=O)C(C)(C)C)=NNC2N1. The second-order valence-electron chi connectivity index (χ2n) is 6.15. The molecule has 2 rings (SSSR count). The predicted octanol–water partition coefficient (Wildman–Crippen LogP) is 0.739. The molecule has 128 valence electrons. The molecule has 3 N–H and O–H groups in total. The molecule has 9 heteroatoms. The number of hydrogen-bond donors (Lipinski definition) is 3. The normalized spacial score (nSPS) is 24.0. The molecule has 1 atom stereocenters. The first kappa shape index (κ1) is 17.6. The van der Waals surface area contributed by atoms with Crippen LogP contribution in [0.15, 0.2) is 15.1 Å². The fourth-order valence-corrected chi connectivity index (χ4v) is 3.08. The van der Waals surface area contributed by atoms with Crippen LogP contribution in [-0.2, 0) is 4.79 Å². The van der Waals surface area contributed by atoms with Gasteiger partial charge in [-0.2, -0.15) is 5.10 Å². The number of thioether (sulfide) groups is 1. The largest absolute Gasteiger partial charge is 0.317 e. The molecule has 23 heavy (non-hydrogen) atoms. The van der Waals surface area contributed by atoms with Crippen molar-refractivity contribution in [2.75, 3.05) is 18.8 Å². The van der Waals surface area contributed by atoms with Crippen LogP contribution >= 0.6 is 11.8 Å². The summed E-state index contributed by atoms with van der Waals surface area (Å²) in [4.78, 5) is 22.9. The lowest BCUT2D eigenvalue weighted by atomic mass is 9.92. The number of ketones is 1. The Morgan fingerprint density at radius 3 is 2.61 bits per heavy atom. The first-order valence-electron chi connectivity index (χ1n) is 7.77. The van der Waals surface area contributed by atoms with E-state index in [1.54, 1.807) is 0 Å². The number of carbonyl (C=O) groups excluding carboxylic acids is 1. The number of carbonyl (C=O) groups is 1. The third-order valence-corrected chi connectivity index (χ3v) is 4.22. The molecule has 0 radical (unpaired) electrons. The van der Waals surface area contributed by atoms with E-state index in [2.05, 4.69) is 31.1 Å². The third kappa shape index (κ3) is 4.15. The summed E-state index contributed by atoms with van der Waals surface area (Å²) >= 11 is 1.41. The summed E-state index contributed by atoms with van der Waals surface area (Å²) in [7, 11) is 0. The molecule has 2 aliphatic heterocycles. The Morgan fingerprint density at radius 1 is 1.30 bits per heavy atom. The zero-order chi connectivity index (χ0) is 17.0. The van der Waals surface area contributed by atoms with Gasteiger partial charge < -0.3 is 5.32 Å².